The highest BCUT2D eigenvalue weighted by Gasteiger charge is 2.26. The Morgan fingerprint density at radius 3 is 2.56 bits per heavy atom. The van der Waals surface area contributed by atoms with Crippen molar-refractivity contribution in [2.24, 2.45) is 0 Å². The van der Waals surface area contributed by atoms with E-state index in [4.69, 9.17) is 0 Å². The number of nitrogens with one attached hydrogen (secondary N) is 1. The lowest BCUT2D eigenvalue weighted by molar-refractivity contribution is 0.102. The number of carbonyl (C=O) groups is 1. The van der Waals surface area contributed by atoms with Crippen molar-refractivity contribution in [3.8, 4) is 0 Å². The number of hydrogen-bond acceptors (Lipinski definition) is 3. The number of benzene rings is 3. The van der Waals surface area contributed by atoms with Gasteiger partial charge in [-0.25, -0.2) is 8.42 Å². The van der Waals surface area contributed by atoms with Crippen LogP contribution in [-0.2, 0) is 16.6 Å². The molecule has 4 aromatic rings. The minimum absolute atomic E-state index is 0.148. The first-order chi connectivity index (χ1) is 15.5. The summed E-state index contributed by atoms with van der Waals surface area (Å²) in [4.78, 5) is 13.0. The summed E-state index contributed by atoms with van der Waals surface area (Å²) in [5, 5.41) is 5.22. The van der Waals surface area contributed by atoms with Crippen LogP contribution in [0.2, 0.25) is 0 Å². The molecule has 3 aromatic carbocycles. The molecule has 32 heavy (non-hydrogen) atoms. The van der Waals surface area contributed by atoms with E-state index in [0.29, 0.717) is 29.9 Å². The van der Waals surface area contributed by atoms with Crippen molar-refractivity contribution >= 4 is 49.1 Å². The van der Waals surface area contributed by atoms with Crippen molar-refractivity contribution < 1.29 is 13.2 Å². The van der Waals surface area contributed by atoms with Crippen molar-refractivity contribution in [3.05, 3.63) is 72.3 Å². The van der Waals surface area contributed by atoms with E-state index < -0.39 is 10.0 Å². The second-order valence-electron chi connectivity index (χ2n) is 8.09. The lowest BCUT2D eigenvalue weighted by Gasteiger charge is -2.28. The van der Waals surface area contributed by atoms with Crippen molar-refractivity contribution in [1.82, 2.24) is 4.57 Å². The van der Waals surface area contributed by atoms with E-state index in [9.17, 15) is 13.2 Å². The number of nitrogens with zero attached hydrogens (tertiary/aromatic N) is 2. The fourth-order valence-electron chi connectivity index (χ4n) is 4.56. The van der Waals surface area contributed by atoms with Gasteiger partial charge >= 0.3 is 0 Å². The molecule has 1 amide bonds. The van der Waals surface area contributed by atoms with Crippen LogP contribution >= 0.6 is 0 Å². The number of hydrogen-bond donors (Lipinski definition) is 1. The number of fused-ring (bicyclic) bond motifs is 3. The molecular weight excluding hydrogens is 422 g/mol. The van der Waals surface area contributed by atoms with Gasteiger partial charge in [-0.15, -0.1) is 0 Å². The normalized spacial score (nSPS) is 15.8. The van der Waals surface area contributed by atoms with Crippen molar-refractivity contribution in [2.75, 3.05) is 21.9 Å². The predicted molar refractivity (Wildman–Crippen MR) is 130 cm³/mol. The highest BCUT2D eigenvalue weighted by Crippen LogP contribution is 2.31. The molecule has 1 aromatic heterocycles. The van der Waals surface area contributed by atoms with Crippen LogP contribution in [0.1, 0.15) is 30.1 Å². The molecule has 0 saturated carbocycles. The molecule has 0 radical (unpaired) electrons. The van der Waals surface area contributed by atoms with Gasteiger partial charge in [0.15, 0.2) is 0 Å². The van der Waals surface area contributed by atoms with Crippen LogP contribution in [0, 0.1) is 0 Å². The van der Waals surface area contributed by atoms with E-state index in [2.05, 4.69) is 28.9 Å². The molecule has 0 unspecified atom stereocenters. The lowest BCUT2D eigenvalue weighted by atomic mass is 10.1. The topological polar surface area (TPSA) is 71.4 Å². The number of carbonyl (C=O) groups excluding carboxylic acids is 1. The first kappa shape index (κ1) is 20.6. The minimum atomic E-state index is -3.32. The second kappa shape index (κ2) is 7.98. The molecule has 1 N–H and O–H groups in total. The summed E-state index contributed by atoms with van der Waals surface area (Å²) in [6.45, 7) is 3.44. The van der Waals surface area contributed by atoms with Crippen LogP contribution in [0.4, 0.5) is 11.4 Å². The van der Waals surface area contributed by atoms with Gasteiger partial charge in [-0.3, -0.25) is 9.10 Å². The summed E-state index contributed by atoms with van der Waals surface area (Å²) in [5.74, 6) is -0.116. The van der Waals surface area contributed by atoms with E-state index >= 15 is 0 Å². The zero-order valence-corrected chi connectivity index (χ0v) is 18.7. The van der Waals surface area contributed by atoms with Crippen LogP contribution < -0.4 is 9.62 Å². The van der Waals surface area contributed by atoms with E-state index in [-0.39, 0.29) is 11.7 Å². The number of aryl methyl sites for hydroxylation is 1. The van der Waals surface area contributed by atoms with E-state index in [1.807, 2.05) is 30.3 Å². The van der Waals surface area contributed by atoms with Gasteiger partial charge in [0.2, 0.25) is 10.0 Å². The molecule has 6 nitrogen and oxygen atoms in total. The number of rotatable bonds is 4. The Balaban J connectivity index is 1.46. The Bertz CT molecular complexity index is 1440. The van der Waals surface area contributed by atoms with Gasteiger partial charge in [0, 0.05) is 46.1 Å². The molecule has 2 heterocycles. The average Bonchev–Trinajstić information content (AvgIpc) is 3.12. The smallest absolute Gasteiger partial charge is 0.255 e. The van der Waals surface area contributed by atoms with Crippen molar-refractivity contribution in [1.29, 1.82) is 0 Å². The Morgan fingerprint density at radius 2 is 1.75 bits per heavy atom. The second-order valence-corrected chi connectivity index (χ2v) is 10.1. The predicted octanol–water partition coefficient (Wildman–Crippen LogP) is 5.00. The number of amides is 1. The lowest BCUT2D eigenvalue weighted by Crippen LogP contribution is -2.37. The molecule has 164 valence electrons. The number of anilines is 2. The molecular formula is C25H25N3O3S. The SMILES string of the molecule is CCn1c2ccccc2c2cc(NC(=O)c3cccc(N4CCCCS4(=O)=O)c3)ccc21. The van der Waals surface area contributed by atoms with E-state index in [0.717, 1.165) is 29.3 Å². The molecule has 7 heteroatoms. The largest absolute Gasteiger partial charge is 0.341 e. The fraction of sp³-hybridized carbons (Fsp3) is 0.240. The average molecular weight is 448 g/mol. The van der Waals surface area contributed by atoms with E-state index in [1.165, 1.54) is 9.82 Å². The Hall–Kier alpha value is -3.32. The quantitative estimate of drug-likeness (QED) is 0.479. The van der Waals surface area contributed by atoms with Crippen LogP contribution in [0.5, 0.6) is 0 Å². The number of para-hydroxylation sites is 1. The summed E-state index contributed by atoms with van der Waals surface area (Å²) in [6.07, 6.45) is 1.50. The van der Waals surface area contributed by atoms with Gasteiger partial charge in [0.25, 0.3) is 5.91 Å². The summed E-state index contributed by atoms with van der Waals surface area (Å²) >= 11 is 0. The molecule has 1 aliphatic heterocycles. The van der Waals surface area contributed by atoms with Gasteiger partial charge in [0.1, 0.15) is 0 Å². The van der Waals surface area contributed by atoms with Gasteiger partial charge in [-0.2, -0.15) is 0 Å². The molecule has 1 fully saturated rings. The third kappa shape index (κ3) is 3.52. The third-order valence-electron chi connectivity index (χ3n) is 6.09. The monoisotopic (exact) mass is 447 g/mol. The van der Waals surface area contributed by atoms with E-state index in [1.54, 1.807) is 24.3 Å². The zero-order valence-electron chi connectivity index (χ0n) is 17.9. The third-order valence-corrected chi connectivity index (χ3v) is 7.96. The van der Waals surface area contributed by atoms with Gasteiger partial charge in [-0.1, -0.05) is 24.3 Å². The standard InChI is InChI=1S/C25H25N3O3S/c1-2-27-23-11-4-3-10-21(23)22-17-19(12-13-24(22)27)26-25(29)18-8-7-9-20(16-18)28-14-5-6-15-32(28,30)31/h3-4,7-13,16-17H,2,5-6,14-15H2,1H3,(H,26,29). The molecule has 5 rings (SSSR count). The number of sulfonamides is 1. The van der Waals surface area contributed by atoms with Gasteiger partial charge in [0.05, 0.1) is 11.4 Å². The molecule has 1 saturated heterocycles. The maximum atomic E-state index is 13.0. The fourth-order valence-corrected chi connectivity index (χ4v) is 6.19. The van der Waals surface area contributed by atoms with Crippen LogP contribution in [0.3, 0.4) is 0 Å². The van der Waals surface area contributed by atoms with Crippen LogP contribution in [0.25, 0.3) is 21.8 Å². The van der Waals surface area contributed by atoms with Crippen LogP contribution in [-0.4, -0.2) is 31.2 Å². The van der Waals surface area contributed by atoms with Crippen molar-refractivity contribution in [3.63, 3.8) is 0 Å². The summed E-state index contributed by atoms with van der Waals surface area (Å²) < 4.78 is 28.6. The molecule has 0 spiro atoms. The Kier molecular flexibility index (Phi) is 5.13. The number of aromatic nitrogens is 1. The Labute approximate surface area is 187 Å². The van der Waals surface area contributed by atoms with Crippen LogP contribution in [0.15, 0.2) is 66.7 Å². The van der Waals surface area contributed by atoms with Crippen molar-refractivity contribution in [2.45, 2.75) is 26.3 Å². The molecule has 0 aliphatic carbocycles. The molecule has 0 bridgehead atoms. The summed E-state index contributed by atoms with van der Waals surface area (Å²) in [5.41, 5.74) is 3.98. The van der Waals surface area contributed by atoms with Gasteiger partial charge < -0.3 is 9.88 Å². The maximum absolute atomic E-state index is 13.0. The summed E-state index contributed by atoms with van der Waals surface area (Å²) in [6, 6.07) is 21.0. The first-order valence-electron chi connectivity index (χ1n) is 10.9. The summed E-state index contributed by atoms with van der Waals surface area (Å²) in [7, 11) is -3.32. The highest BCUT2D eigenvalue weighted by molar-refractivity contribution is 7.92. The molecule has 0 atom stereocenters. The molecule has 1 aliphatic rings. The Morgan fingerprint density at radius 1 is 0.938 bits per heavy atom. The maximum Gasteiger partial charge on any atom is 0.255 e. The van der Waals surface area contributed by atoms with Gasteiger partial charge in [-0.05, 0) is 62.2 Å². The highest BCUT2D eigenvalue weighted by atomic mass is 32.2. The first-order valence-corrected chi connectivity index (χ1v) is 12.5. The minimum Gasteiger partial charge on any atom is -0.341 e. The zero-order chi connectivity index (χ0) is 22.3.